The molecule has 0 aromatic heterocycles. The number of nitrogens with two attached hydrogens (primary N) is 3. The summed E-state index contributed by atoms with van der Waals surface area (Å²) in [5, 5.41) is 23.5. The highest BCUT2D eigenvalue weighted by molar-refractivity contribution is 9.10. The summed E-state index contributed by atoms with van der Waals surface area (Å²) in [7, 11) is 0. The second-order valence-electron chi connectivity index (χ2n) is 5.17. The second-order valence-corrected chi connectivity index (χ2v) is 6.69. The summed E-state index contributed by atoms with van der Waals surface area (Å²) in [6.45, 7) is 7.07. The number of hydrogen-bond acceptors (Lipinski definition) is 6. The molecule has 0 radical (unpaired) electrons. The molecule has 12 heteroatoms. The SMILES string of the molecule is CC(=C\C(=N)N)/N=N/C(C)=C/C(=N)N.CCC(Br)(CC)C(=O)NC(N)=O.Cl. The van der Waals surface area contributed by atoms with Crippen molar-refractivity contribution < 1.29 is 9.59 Å². The van der Waals surface area contributed by atoms with Crippen LogP contribution in [0.5, 0.6) is 0 Å². The molecule has 0 heterocycles. The van der Waals surface area contributed by atoms with Gasteiger partial charge in [0.15, 0.2) is 0 Å². The molecule has 0 spiro atoms. The van der Waals surface area contributed by atoms with Gasteiger partial charge in [0, 0.05) is 12.2 Å². The van der Waals surface area contributed by atoms with Crippen molar-refractivity contribution in [2.45, 2.75) is 44.9 Å². The van der Waals surface area contributed by atoms with Gasteiger partial charge in [-0.1, -0.05) is 29.8 Å². The molecule has 27 heavy (non-hydrogen) atoms. The number of nitrogens with one attached hydrogen (secondary N) is 3. The highest BCUT2D eigenvalue weighted by atomic mass is 79.9. The van der Waals surface area contributed by atoms with E-state index in [-0.39, 0.29) is 30.0 Å². The summed E-state index contributed by atoms with van der Waals surface area (Å²) in [5.41, 5.74) is 16.1. The number of carbonyl (C=O) groups excluding carboxylic acids is 2. The molecule has 0 unspecified atom stereocenters. The van der Waals surface area contributed by atoms with E-state index in [1.165, 1.54) is 12.2 Å². The van der Waals surface area contributed by atoms with E-state index < -0.39 is 10.4 Å². The Hall–Kier alpha value is -2.27. The normalized spacial score (nSPS) is 11.7. The van der Waals surface area contributed by atoms with Crippen LogP contribution in [0.15, 0.2) is 33.8 Å². The zero-order chi connectivity index (χ0) is 20.9. The van der Waals surface area contributed by atoms with E-state index in [0.717, 1.165) is 0 Å². The summed E-state index contributed by atoms with van der Waals surface area (Å²) in [4.78, 5) is 21.6. The number of rotatable bonds is 7. The maximum absolute atomic E-state index is 11.3. The van der Waals surface area contributed by atoms with Gasteiger partial charge in [0.2, 0.25) is 5.91 Å². The summed E-state index contributed by atoms with van der Waals surface area (Å²) in [5.74, 6) is -0.524. The number of amidine groups is 2. The van der Waals surface area contributed by atoms with Gasteiger partial charge in [0.05, 0.1) is 11.4 Å². The molecule has 0 aromatic carbocycles. The van der Waals surface area contributed by atoms with Crippen LogP contribution in [0.1, 0.15) is 40.5 Å². The van der Waals surface area contributed by atoms with Crippen molar-refractivity contribution in [3.63, 3.8) is 0 Å². The minimum atomic E-state index is -0.814. The van der Waals surface area contributed by atoms with Crippen LogP contribution >= 0.6 is 28.3 Å². The Labute approximate surface area is 173 Å². The van der Waals surface area contributed by atoms with Crippen molar-refractivity contribution >= 4 is 51.9 Å². The number of primary amides is 1. The van der Waals surface area contributed by atoms with E-state index in [2.05, 4.69) is 26.2 Å². The van der Waals surface area contributed by atoms with Crippen LogP contribution in [0.3, 0.4) is 0 Å². The molecule has 154 valence electrons. The van der Waals surface area contributed by atoms with Gasteiger partial charge in [0.1, 0.15) is 16.0 Å². The lowest BCUT2D eigenvalue weighted by Crippen LogP contribution is -2.46. The van der Waals surface area contributed by atoms with Crippen LogP contribution in [0.25, 0.3) is 0 Å². The first-order valence-electron chi connectivity index (χ1n) is 7.64. The fraction of sp³-hybridized carbons (Fsp3) is 0.467. The number of urea groups is 1. The minimum absolute atomic E-state index is 0. The third-order valence-corrected chi connectivity index (χ3v) is 4.34. The van der Waals surface area contributed by atoms with Gasteiger partial charge < -0.3 is 17.2 Å². The lowest BCUT2D eigenvalue weighted by atomic mass is 10.0. The number of allylic oxidation sites excluding steroid dienone is 2. The Bertz CT molecular complexity index is 595. The molecule has 0 aromatic rings. The fourth-order valence-electron chi connectivity index (χ4n) is 1.46. The lowest BCUT2D eigenvalue weighted by Gasteiger charge is -2.21. The fourth-order valence-corrected chi connectivity index (χ4v) is 1.56. The predicted molar refractivity (Wildman–Crippen MR) is 113 cm³/mol. The van der Waals surface area contributed by atoms with Crippen LogP contribution < -0.4 is 22.5 Å². The van der Waals surface area contributed by atoms with Crippen LogP contribution in [0.4, 0.5) is 4.79 Å². The zero-order valence-electron chi connectivity index (χ0n) is 15.8. The molecule has 0 saturated heterocycles. The molecule has 10 nitrogen and oxygen atoms in total. The lowest BCUT2D eigenvalue weighted by molar-refractivity contribution is -0.122. The molecule has 3 amide bonds. The van der Waals surface area contributed by atoms with Gasteiger partial charge in [0.25, 0.3) is 0 Å². The first kappa shape index (κ1) is 29.5. The van der Waals surface area contributed by atoms with E-state index in [1.54, 1.807) is 13.8 Å². The van der Waals surface area contributed by atoms with Gasteiger partial charge in [-0.15, -0.1) is 12.4 Å². The maximum atomic E-state index is 11.3. The molecule has 0 atom stereocenters. The van der Waals surface area contributed by atoms with Gasteiger partial charge in [-0.3, -0.25) is 20.9 Å². The number of nitrogens with zero attached hydrogens (tertiary/aromatic N) is 2. The van der Waals surface area contributed by atoms with Crippen molar-refractivity contribution in [1.29, 1.82) is 10.8 Å². The molecular formula is C15H28BrClN8O2. The first-order chi connectivity index (χ1) is 11.9. The predicted octanol–water partition coefficient (Wildman–Crippen LogP) is 2.67. The Morgan fingerprint density at radius 2 is 1.33 bits per heavy atom. The summed E-state index contributed by atoms with van der Waals surface area (Å²) >= 11 is 3.26. The smallest absolute Gasteiger partial charge is 0.318 e. The third-order valence-electron chi connectivity index (χ3n) is 2.86. The quantitative estimate of drug-likeness (QED) is 0.145. The van der Waals surface area contributed by atoms with Gasteiger partial charge in [-0.2, -0.15) is 10.2 Å². The van der Waals surface area contributed by atoms with Crippen molar-refractivity contribution in [3.05, 3.63) is 23.5 Å². The average molecular weight is 468 g/mol. The Kier molecular flexibility index (Phi) is 16.2. The van der Waals surface area contributed by atoms with Gasteiger partial charge in [-0.05, 0) is 26.7 Å². The van der Waals surface area contributed by atoms with Crippen LogP contribution in [0.2, 0.25) is 0 Å². The van der Waals surface area contributed by atoms with E-state index in [9.17, 15) is 9.59 Å². The Morgan fingerprint density at radius 1 is 1.00 bits per heavy atom. The number of alkyl halides is 1. The molecule has 9 N–H and O–H groups in total. The van der Waals surface area contributed by atoms with Crippen LogP contribution in [0, 0.1) is 10.8 Å². The summed E-state index contributed by atoms with van der Waals surface area (Å²) in [6, 6.07) is -0.814. The van der Waals surface area contributed by atoms with E-state index in [4.69, 9.17) is 28.0 Å². The number of imide groups is 1. The number of halogens is 2. The number of azo groups is 1. The average Bonchev–Trinajstić information content (AvgIpc) is 2.50. The van der Waals surface area contributed by atoms with Crippen molar-refractivity contribution in [2.24, 2.45) is 27.4 Å². The largest absolute Gasteiger partial charge is 0.384 e. The molecule has 0 aliphatic rings. The van der Waals surface area contributed by atoms with Crippen molar-refractivity contribution in [1.82, 2.24) is 5.32 Å². The second kappa shape index (κ2) is 14.9. The molecule has 0 saturated carbocycles. The third kappa shape index (κ3) is 15.7. The van der Waals surface area contributed by atoms with Crippen LogP contribution in [-0.4, -0.2) is 27.9 Å². The van der Waals surface area contributed by atoms with E-state index in [1.807, 2.05) is 19.2 Å². The first-order valence-corrected chi connectivity index (χ1v) is 8.43. The highest BCUT2D eigenvalue weighted by Crippen LogP contribution is 2.26. The standard InChI is InChI=1S/C8H14N6.C7H13BrN2O2.ClH/c1-5(3-7(9)10)13-14-6(2)4-8(11)12;1-3-7(8,4-2)5(11)10-6(9)12;/h3-4H,1-2H3,(H3,9,10)(H3,11,12);3-4H2,1-2H3,(H3,9,10,11,12);1H/b5-3+,6-4+,14-13+;;. The van der Waals surface area contributed by atoms with Crippen molar-refractivity contribution in [3.8, 4) is 0 Å². The monoisotopic (exact) mass is 466 g/mol. The highest BCUT2D eigenvalue weighted by Gasteiger charge is 2.32. The summed E-state index contributed by atoms with van der Waals surface area (Å²) < 4.78 is -0.665. The number of carbonyl (C=O) groups is 2. The molecule has 0 bridgehead atoms. The van der Waals surface area contributed by atoms with E-state index >= 15 is 0 Å². The Balaban J connectivity index is -0.000000416. The molecule has 0 aliphatic heterocycles. The summed E-state index contributed by atoms with van der Waals surface area (Å²) in [6.07, 6.45) is 3.99. The number of amides is 3. The molecular weight excluding hydrogens is 440 g/mol. The van der Waals surface area contributed by atoms with Gasteiger partial charge in [-0.25, -0.2) is 4.79 Å². The molecule has 0 aliphatic carbocycles. The molecule has 0 fully saturated rings. The minimum Gasteiger partial charge on any atom is -0.384 e. The topological polar surface area (TPSA) is 197 Å². The zero-order valence-corrected chi connectivity index (χ0v) is 18.2. The van der Waals surface area contributed by atoms with Crippen LogP contribution in [-0.2, 0) is 4.79 Å². The maximum Gasteiger partial charge on any atom is 0.318 e. The van der Waals surface area contributed by atoms with Crippen molar-refractivity contribution in [2.75, 3.05) is 0 Å². The Morgan fingerprint density at radius 3 is 1.56 bits per heavy atom. The van der Waals surface area contributed by atoms with E-state index in [0.29, 0.717) is 24.2 Å². The van der Waals surface area contributed by atoms with Gasteiger partial charge >= 0.3 is 6.03 Å². The molecule has 0 rings (SSSR count). The number of hydrogen-bond donors (Lipinski definition) is 6.